The van der Waals surface area contributed by atoms with Gasteiger partial charge in [-0.15, -0.1) is 0 Å². The van der Waals surface area contributed by atoms with Gasteiger partial charge in [-0.25, -0.2) is 0 Å². The SMILES string of the molecule is CCc1cccc(C)c1C.Cc1cccc(C(C)(C)C)c1C.Cc1cccc(C(C)C)c1C.Cc1cccc(C2CC3CCC2C3)c1C.Cc1cccc(C2CCC2)c1C.Cc1cccc(C2CCCC2)c1C.Cc1cccc(C2CCCCC2)c1C. The molecular formula is C87H122. The van der Waals surface area contributed by atoms with Crippen molar-refractivity contribution in [3.8, 4) is 0 Å². The summed E-state index contributed by atoms with van der Waals surface area (Å²) in [6.07, 6.45) is 24.2. The Morgan fingerprint density at radius 1 is 0.345 bits per heavy atom. The maximum absolute atomic E-state index is 2.37. The van der Waals surface area contributed by atoms with Crippen molar-refractivity contribution in [1.82, 2.24) is 0 Å². The van der Waals surface area contributed by atoms with Crippen LogP contribution in [0.1, 0.15) is 291 Å². The largest absolute Gasteiger partial charge is 0.0617 e. The Morgan fingerprint density at radius 3 is 1.05 bits per heavy atom. The van der Waals surface area contributed by atoms with Crippen LogP contribution in [-0.4, -0.2) is 0 Å². The van der Waals surface area contributed by atoms with Crippen LogP contribution in [0.25, 0.3) is 0 Å². The first-order chi connectivity index (χ1) is 41.4. The zero-order chi connectivity index (χ0) is 63.5. The van der Waals surface area contributed by atoms with Crippen LogP contribution in [0.2, 0.25) is 0 Å². The molecule has 0 spiro atoms. The summed E-state index contributed by atoms with van der Waals surface area (Å²) in [5, 5.41) is 0. The fraction of sp³-hybridized carbons (Fsp3) is 0.517. The Balaban J connectivity index is 0.000000163. The third kappa shape index (κ3) is 19.8. The van der Waals surface area contributed by atoms with Crippen molar-refractivity contribution in [1.29, 1.82) is 0 Å². The van der Waals surface area contributed by atoms with Gasteiger partial charge in [-0.05, 0) is 325 Å². The summed E-state index contributed by atoms with van der Waals surface area (Å²) in [7, 11) is 0. The lowest BCUT2D eigenvalue weighted by Crippen LogP contribution is -2.13. The van der Waals surface area contributed by atoms with Crippen LogP contribution in [0.5, 0.6) is 0 Å². The van der Waals surface area contributed by atoms with Crippen molar-refractivity contribution in [2.24, 2.45) is 11.8 Å². The molecule has 0 N–H and O–H groups in total. The fourth-order valence-corrected chi connectivity index (χ4v) is 15.0. The number of fused-ring (bicyclic) bond motifs is 2. The lowest BCUT2D eigenvalue weighted by atomic mass is 9.78. The molecule has 5 fully saturated rings. The summed E-state index contributed by atoms with van der Waals surface area (Å²) < 4.78 is 0. The maximum atomic E-state index is 2.37. The van der Waals surface area contributed by atoms with Gasteiger partial charge in [0.1, 0.15) is 0 Å². The van der Waals surface area contributed by atoms with Crippen LogP contribution in [0.4, 0.5) is 0 Å². The average molecular weight is 1170 g/mol. The molecule has 3 unspecified atom stereocenters. The molecule has 0 aliphatic heterocycles. The number of benzene rings is 7. The minimum atomic E-state index is 0.274. The van der Waals surface area contributed by atoms with E-state index in [1.807, 2.05) is 0 Å². The van der Waals surface area contributed by atoms with Crippen molar-refractivity contribution < 1.29 is 0 Å². The molecule has 3 atom stereocenters. The Bertz CT molecular complexity index is 3220. The van der Waals surface area contributed by atoms with Gasteiger partial charge in [0.05, 0.1) is 0 Å². The van der Waals surface area contributed by atoms with E-state index in [9.17, 15) is 0 Å². The van der Waals surface area contributed by atoms with Crippen LogP contribution in [-0.2, 0) is 11.8 Å². The van der Waals surface area contributed by atoms with E-state index < -0.39 is 0 Å². The van der Waals surface area contributed by atoms with Crippen molar-refractivity contribution >= 4 is 0 Å². The minimum absolute atomic E-state index is 0.274. The number of aryl methyl sites for hydroxylation is 8. The second-order valence-corrected chi connectivity index (χ2v) is 29.0. The lowest BCUT2D eigenvalue weighted by Gasteiger charge is -2.27. The van der Waals surface area contributed by atoms with Crippen molar-refractivity contribution in [3.63, 3.8) is 0 Å². The van der Waals surface area contributed by atoms with Gasteiger partial charge in [0.2, 0.25) is 0 Å². The third-order valence-electron chi connectivity index (χ3n) is 21.9. The quantitative estimate of drug-likeness (QED) is 0.156. The Kier molecular flexibility index (Phi) is 27.5. The van der Waals surface area contributed by atoms with Gasteiger partial charge in [-0.3, -0.25) is 0 Å². The van der Waals surface area contributed by atoms with Gasteiger partial charge in [-0.1, -0.05) is 214 Å². The van der Waals surface area contributed by atoms with E-state index in [0.717, 1.165) is 41.9 Å². The molecule has 0 saturated heterocycles. The molecule has 0 radical (unpaired) electrons. The third-order valence-corrected chi connectivity index (χ3v) is 21.9. The highest BCUT2D eigenvalue weighted by atomic mass is 14.5. The molecule has 0 amide bonds. The fourth-order valence-electron chi connectivity index (χ4n) is 15.0. The molecule has 5 aliphatic carbocycles. The second-order valence-electron chi connectivity index (χ2n) is 29.0. The van der Waals surface area contributed by atoms with Gasteiger partial charge >= 0.3 is 0 Å². The van der Waals surface area contributed by atoms with Gasteiger partial charge < -0.3 is 0 Å². The van der Waals surface area contributed by atoms with E-state index in [0.29, 0.717) is 5.92 Å². The van der Waals surface area contributed by atoms with Gasteiger partial charge in [0.25, 0.3) is 0 Å². The monoisotopic (exact) mass is 1170 g/mol. The van der Waals surface area contributed by atoms with Crippen LogP contribution >= 0.6 is 0 Å². The standard InChI is InChI=1S/C15H20.C14H20.C13H18.C12H16.C12H18.C11H16.C10H14/c1-10-4-3-5-14(11(10)2)15-9-12-6-7-13(15)8-12;1-11-7-6-10-14(12(11)2)13-8-4-3-5-9-13;1-10-6-5-9-13(11(10)2)12-7-3-4-8-12;1-9-5-3-8-12(10(9)2)11-6-4-7-11;1-9-7-6-8-11(10(9)2)12(3,4)5;1-8(2)11-7-5-6-9(3)10(11)4;1-4-10-7-5-6-8(2)9(10)3/h3-5,12-13,15H,6-9H2,1-2H3;6-7,10,13H,3-5,8-9H2,1-2H3;5-6,9,12H,3-4,7-8H2,1-2H3;3,5,8,11H,4,6-7H2,1-2H3;6-8H,1-5H3;5-8H,1-4H3;5-7H,4H2,1-3H3. The van der Waals surface area contributed by atoms with Gasteiger partial charge in [0, 0.05) is 0 Å². The predicted molar refractivity (Wildman–Crippen MR) is 385 cm³/mol. The highest BCUT2D eigenvalue weighted by Gasteiger charge is 2.40. The molecule has 0 heterocycles. The van der Waals surface area contributed by atoms with Crippen molar-refractivity contribution in [3.05, 3.63) is 244 Å². The molecule has 7 aromatic rings. The van der Waals surface area contributed by atoms with Crippen LogP contribution in [0.15, 0.2) is 127 Å². The highest BCUT2D eigenvalue weighted by molar-refractivity contribution is 5.41. The molecule has 2 bridgehead atoms. The van der Waals surface area contributed by atoms with Gasteiger partial charge in [0.15, 0.2) is 0 Å². The predicted octanol–water partition coefficient (Wildman–Crippen LogP) is 26.0. The summed E-state index contributed by atoms with van der Waals surface area (Å²) in [4.78, 5) is 0. The summed E-state index contributed by atoms with van der Waals surface area (Å²) in [5.74, 6) is 6.20. The van der Waals surface area contributed by atoms with Crippen LogP contribution in [0.3, 0.4) is 0 Å². The number of hydrogen-bond acceptors (Lipinski definition) is 0. The van der Waals surface area contributed by atoms with E-state index in [1.54, 1.807) is 27.8 Å². The number of hydrogen-bond donors (Lipinski definition) is 0. The Morgan fingerprint density at radius 2 is 0.701 bits per heavy atom. The molecule has 0 heteroatoms. The smallest absolute Gasteiger partial charge is 0.0128 e. The van der Waals surface area contributed by atoms with E-state index in [2.05, 4.69) is 266 Å². The second kappa shape index (κ2) is 33.9. The molecular weight excluding hydrogens is 1040 g/mol. The Hall–Kier alpha value is -5.46. The first kappa shape index (κ1) is 70.6. The highest BCUT2D eigenvalue weighted by Crippen LogP contribution is 2.53. The summed E-state index contributed by atoms with van der Waals surface area (Å²) in [5.41, 5.74) is 31.6. The molecule has 5 saturated carbocycles. The molecule has 12 rings (SSSR count). The summed E-state index contributed by atoms with van der Waals surface area (Å²) >= 11 is 0. The van der Waals surface area contributed by atoms with E-state index in [1.165, 1.54) is 192 Å². The van der Waals surface area contributed by atoms with E-state index >= 15 is 0 Å². The molecule has 5 aliphatic rings. The zero-order valence-corrected chi connectivity index (χ0v) is 59.2. The van der Waals surface area contributed by atoms with Crippen molar-refractivity contribution in [2.75, 3.05) is 0 Å². The molecule has 7 aromatic carbocycles. The van der Waals surface area contributed by atoms with Crippen molar-refractivity contribution in [2.45, 2.75) is 283 Å². The average Bonchev–Trinajstić information content (AvgIpc) is 2.71. The topological polar surface area (TPSA) is 0 Å². The molecule has 0 nitrogen and oxygen atoms in total. The van der Waals surface area contributed by atoms with E-state index in [4.69, 9.17) is 0 Å². The molecule has 470 valence electrons. The first-order valence-electron chi connectivity index (χ1n) is 34.8. The maximum Gasteiger partial charge on any atom is -0.0128 e. The molecule has 0 aromatic heterocycles. The zero-order valence-electron chi connectivity index (χ0n) is 59.2. The summed E-state index contributed by atoms with van der Waals surface area (Å²) in [6.45, 7) is 44.5. The Labute approximate surface area is 535 Å². The molecule has 87 heavy (non-hydrogen) atoms. The van der Waals surface area contributed by atoms with Crippen LogP contribution < -0.4 is 0 Å². The first-order valence-corrected chi connectivity index (χ1v) is 34.8. The number of rotatable bonds is 6. The normalized spacial score (nSPS) is 18.0. The minimum Gasteiger partial charge on any atom is -0.0617 e. The van der Waals surface area contributed by atoms with Gasteiger partial charge in [-0.2, -0.15) is 0 Å². The van der Waals surface area contributed by atoms with Crippen LogP contribution in [0, 0.1) is 109 Å². The lowest BCUT2D eigenvalue weighted by molar-refractivity contribution is 0.418. The summed E-state index contributed by atoms with van der Waals surface area (Å²) in [6, 6.07) is 46.6. The van der Waals surface area contributed by atoms with E-state index in [-0.39, 0.29) is 5.41 Å².